The third-order valence-electron chi connectivity index (χ3n) is 5.84. The minimum Gasteiger partial charge on any atom is -0.497 e. The zero-order valence-corrected chi connectivity index (χ0v) is 19.2. The van der Waals surface area contributed by atoms with Crippen LogP contribution in [0.4, 0.5) is 14.9 Å². The molecule has 0 saturated carbocycles. The van der Waals surface area contributed by atoms with E-state index in [0.29, 0.717) is 28.3 Å². The molecule has 0 radical (unpaired) electrons. The van der Waals surface area contributed by atoms with Gasteiger partial charge in [-0.05, 0) is 59.7 Å². The predicted octanol–water partition coefficient (Wildman–Crippen LogP) is 3.67. The summed E-state index contributed by atoms with van der Waals surface area (Å²) in [6.07, 6.45) is -0.127. The van der Waals surface area contributed by atoms with Gasteiger partial charge in [0.15, 0.2) is 5.54 Å². The molecule has 1 saturated heterocycles. The van der Waals surface area contributed by atoms with E-state index in [1.54, 1.807) is 48.5 Å². The molecule has 0 spiro atoms. The molecule has 180 valence electrons. The van der Waals surface area contributed by atoms with Gasteiger partial charge in [-0.15, -0.1) is 0 Å². The first-order valence-electron chi connectivity index (χ1n) is 10.9. The Hall–Kier alpha value is -4.40. The van der Waals surface area contributed by atoms with Crippen LogP contribution in [0.5, 0.6) is 11.5 Å². The first kappa shape index (κ1) is 23.7. The lowest BCUT2D eigenvalue weighted by molar-refractivity contribution is -0.130. The second-order valence-corrected chi connectivity index (χ2v) is 7.90. The average Bonchev–Trinajstić information content (AvgIpc) is 3.14. The number of nitrogens with zero attached hydrogens (tertiary/aromatic N) is 1. The molecule has 1 fully saturated rings. The molecule has 1 aliphatic heterocycles. The summed E-state index contributed by atoms with van der Waals surface area (Å²) in [6, 6.07) is 18.4. The van der Waals surface area contributed by atoms with Crippen molar-refractivity contribution in [3.05, 3.63) is 89.7 Å². The molecule has 9 heteroatoms. The number of carbonyl (C=O) groups is 3. The highest BCUT2D eigenvalue weighted by atomic mass is 19.1. The summed E-state index contributed by atoms with van der Waals surface area (Å²) in [7, 11) is 3.07. The number of imide groups is 1. The summed E-state index contributed by atoms with van der Waals surface area (Å²) in [6.45, 7) is -0.133. The normalized spacial score (nSPS) is 14.4. The molecule has 0 unspecified atom stereocenters. The Kier molecular flexibility index (Phi) is 6.68. The topological polar surface area (TPSA) is 97.0 Å². The third kappa shape index (κ3) is 4.65. The lowest BCUT2D eigenvalue weighted by atomic mass is 9.82. The highest BCUT2D eigenvalue weighted by Gasteiger charge is 2.53. The van der Waals surface area contributed by atoms with Crippen LogP contribution in [0.25, 0.3) is 0 Å². The molecule has 1 heterocycles. The fourth-order valence-corrected chi connectivity index (χ4v) is 3.99. The zero-order valence-electron chi connectivity index (χ0n) is 19.2. The molecule has 0 bridgehead atoms. The number of hydrogen-bond acceptors (Lipinski definition) is 5. The van der Waals surface area contributed by atoms with Crippen molar-refractivity contribution in [3.63, 3.8) is 0 Å². The van der Waals surface area contributed by atoms with E-state index in [2.05, 4.69) is 10.6 Å². The van der Waals surface area contributed by atoms with Crippen LogP contribution in [-0.2, 0) is 15.1 Å². The Morgan fingerprint density at radius 2 is 1.40 bits per heavy atom. The van der Waals surface area contributed by atoms with Crippen molar-refractivity contribution in [2.24, 2.45) is 0 Å². The molecule has 35 heavy (non-hydrogen) atoms. The summed E-state index contributed by atoms with van der Waals surface area (Å²) in [4.78, 5) is 40.2. The molecule has 1 aliphatic rings. The number of carbonyl (C=O) groups excluding carboxylic acids is 3. The van der Waals surface area contributed by atoms with Crippen molar-refractivity contribution in [1.82, 2.24) is 10.2 Å². The van der Waals surface area contributed by atoms with Crippen LogP contribution in [-0.4, -0.2) is 43.5 Å². The van der Waals surface area contributed by atoms with Gasteiger partial charge in [-0.2, -0.15) is 0 Å². The molecular formula is C26H24FN3O5. The maximum Gasteiger partial charge on any atom is 0.325 e. The number of ether oxygens (including phenoxy) is 2. The highest BCUT2D eigenvalue weighted by molar-refractivity contribution is 6.10. The van der Waals surface area contributed by atoms with Gasteiger partial charge >= 0.3 is 6.03 Å². The third-order valence-corrected chi connectivity index (χ3v) is 5.84. The zero-order chi connectivity index (χ0) is 25.0. The molecule has 0 aromatic heterocycles. The van der Waals surface area contributed by atoms with Crippen LogP contribution in [0.3, 0.4) is 0 Å². The van der Waals surface area contributed by atoms with Gasteiger partial charge in [-0.1, -0.05) is 24.3 Å². The summed E-state index contributed by atoms with van der Waals surface area (Å²) in [5.41, 5.74) is 0.0165. The number of rotatable bonds is 8. The first-order valence-corrected chi connectivity index (χ1v) is 10.9. The molecule has 8 nitrogen and oxygen atoms in total. The van der Waals surface area contributed by atoms with Crippen molar-refractivity contribution >= 4 is 23.5 Å². The maximum atomic E-state index is 13.8. The van der Waals surface area contributed by atoms with E-state index >= 15 is 0 Å². The van der Waals surface area contributed by atoms with E-state index in [1.165, 1.54) is 38.5 Å². The Morgan fingerprint density at radius 3 is 1.89 bits per heavy atom. The monoisotopic (exact) mass is 477 g/mol. The first-order chi connectivity index (χ1) is 16.9. The molecular weight excluding hydrogens is 453 g/mol. The van der Waals surface area contributed by atoms with Gasteiger partial charge in [0.2, 0.25) is 5.91 Å². The fourth-order valence-electron chi connectivity index (χ4n) is 3.99. The van der Waals surface area contributed by atoms with Gasteiger partial charge in [0, 0.05) is 18.7 Å². The number of benzene rings is 3. The molecule has 3 aromatic carbocycles. The van der Waals surface area contributed by atoms with Crippen LogP contribution in [0, 0.1) is 5.82 Å². The molecule has 0 atom stereocenters. The van der Waals surface area contributed by atoms with Gasteiger partial charge in [-0.3, -0.25) is 14.5 Å². The van der Waals surface area contributed by atoms with Crippen LogP contribution < -0.4 is 20.1 Å². The summed E-state index contributed by atoms with van der Waals surface area (Å²) < 4.78 is 23.5. The number of anilines is 1. The summed E-state index contributed by atoms with van der Waals surface area (Å²) in [5, 5.41) is 5.47. The van der Waals surface area contributed by atoms with E-state index in [9.17, 15) is 18.8 Å². The minimum absolute atomic E-state index is 0.127. The second-order valence-electron chi connectivity index (χ2n) is 7.90. The van der Waals surface area contributed by atoms with Crippen LogP contribution in [0.1, 0.15) is 17.5 Å². The Balaban J connectivity index is 1.60. The quantitative estimate of drug-likeness (QED) is 0.483. The Morgan fingerprint density at radius 1 is 0.886 bits per heavy atom. The van der Waals surface area contributed by atoms with Crippen molar-refractivity contribution in [1.29, 1.82) is 0 Å². The molecule has 4 amide bonds. The molecule has 3 aromatic rings. The standard InChI is InChI=1S/C26H24FN3O5/c1-34-21-11-3-17(4-12-21)26(18-5-13-22(35-2)14-6-18)24(32)30(25(33)29-26)16-15-23(31)28-20-9-7-19(27)8-10-20/h3-14H,15-16H2,1-2H3,(H,28,31)(H,29,33). The Labute approximate surface area is 201 Å². The lowest BCUT2D eigenvalue weighted by Gasteiger charge is -2.28. The smallest absolute Gasteiger partial charge is 0.325 e. The van der Waals surface area contributed by atoms with Gasteiger partial charge in [0.1, 0.15) is 17.3 Å². The van der Waals surface area contributed by atoms with E-state index in [1.807, 2.05) is 0 Å². The van der Waals surface area contributed by atoms with Crippen molar-refractivity contribution in [3.8, 4) is 11.5 Å². The number of halogens is 1. The van der Waals surface area contributed by atoms with Gasteiger partial charge in [0.05, 0.1) is 14.2 Å². The largest absolute Gasteiger partial charge is 0.497 e. The summed E-state index contributed by atoms with van der Waals surface area (Å²) >= 11 is 0. The predicted molar refractivity (Wildman–Crippen MR) is 127 cm³/mol. The van der Waals surface area contributed by atoms with Crippen LogP contribution >= 0.6 is 0 Å². The van der Waals surface area contributed by atoms with Crippen molar-refractivity contribution in [2.75, 3.05) is 26.1 Å². The maximum absolute atomic E-state index is 13.8. The molecule has 0 aliphatic carbocycles. The second kappa shape index (κ2) is 9.84. The SMILES string of the molecule is COc1ccc(C2(c3ccc(OC)cc3)NC(=O)N(CCC(=O)Nc3ccc(F)cc3)C2=O)cc1. The Bertz CT molecular complexity index is 1180. The number of methoxy groups -OCH3 is 2. The van der Waals surface area contributed by atoms with Crippen molar-refractivity contribution < 1.29 is 28.2 Å². The number of urea groups is 1. The van der Waals surface area contributed by atoms with Crippen molar-refractivity contribution in [2.45, 2.75) is 12.0 Å². The van der Waals surface area contributed by atoms with E-state index < -0.39 is 29.2 Å². The van der Waals surface area contributed by atoms with Crippen LogP contribution in [0.15, 0.2) is 72.8 Å². The lowest BCUT2D eigenvalue weighted by Crippen LogP contribution is -2.45. The van der Waals surface area contributed by atoms with Crippen LogP contribution in [0.2, 0.25) is 0 Å². The van der Waals surface area contributed by atoms with E-state index in [4.69, 9.17) is 9.47 Å². The average molecular weight is 477 g/mol. The van der Waals surface area contributed by atoms with Gasteiger partial charge in [-0.25, -0.2) is 9.18 Å². The highest BCUT2D eigenvalue weighted by Crippen LogP contribution is 2.37. The number of nitrogens with one attached hydrogen (secondary N) is 2. The van der Waals surface area contributed by atoms with Gasteiger partial charge in [0.25, 0.3) is 5.91 Å². The van der Waals surface area contributed by atoms with Gasteiger partial charge < -0.3 is 20.1 Å². The van der Waals surface area contributed by atoms with E-state index in [0.717, 1.165) is 4.90 Å². The number of amides is 4. The van der Waals surface area contributed by atoms with E-state index in [-0.39, 0.29) is 13.0 Å². The number of hydrogen-bond donors (Lipinski definition) is 2. The minimum atomic E-state index is -1.48. The fraction of sp³-hybridized carbons (Fsp3) is 0.192. The summed E-state index contributed by atoms with van der Waals surface area (Å²) in [5.74, 6) is -0.138. The molecule has 2 N–H and O–H groups in total. The molecule has 4 rings (SSSR count).